The summed E-state index contributed by atoms with van der Waals surface area (Å²) in [7, 11) is 0. The first-order valence-corrected chi connectivity index (χ1v) is 13.7. The molecule has 5 aliphatic carbocycles. The fourth-order valence-corrected chi connectivity index (χ4v) is 10.5. The van der Waals surface area contributed by atoms with Crippen LogP contribution in [0.5, 0.6) is 0 Å². The SMILES string of the molecule is CC1C2CC3C(CC2C2CC4C(CC12)C(C)(C)CCC4(C)C)C(C)(C)CCC3(C)C. The molecule has 0 heteroatoms. The summed E-state index contributed by atoms with van der Waals surface area (Å²) in [6, 6.07) is 0. The van der Waals surface area contributed by atoms with Crippen molar-refractivity contribution in [3.63, 3.8) is 0 Å². The van der Waals surface area contributed by atoms with Gasteiger partial charge < -0.3 is 0 Å². The van der Waals surface area contributed by atoms with Gasteiger partial charge in [-0.25, -0.2) is 0 Å². The Kier molecular flexibility index (Phi) is 4.75. The quantitative estimate of drug-likeness (QED) is 0.372. The van der Waals surface area contributed by atoms with Crippen LogP contribution in [-0.2, 0) is 0 Å². The van der Waals surface area contributed by atoms with Gasteiger partial charge in [0.1, 0.15) is 0 Å². The molecule has 0 radical (unpaired) electrons. The molecule has 0 amide bonds. The summed E-state index contributed by atoms with van der Waals surface area (Å²) in [6.45, 7) is 23.7. The molecule has 8 unspecified atom stereocenters. The van der Waals surface area contributed by atoms with Gasteiger partial charge in [-0.15, -0.1) is 0 Å². The number of hydrogen-bond acceptors (Lipinski definition) is 0. The van der Waals surface area contributed by atoms with Crippen LogP contribution in [0.2, 0.25) is 0 Å². The third-order valence-electron chi connectivity index (χ3n) is 12.9. The molecule has 5 rings (SSSR count). The summed E-state index contributed by atoms with van der Waals surface area (Å²) in [5.74, 6) is 9.01. The highest BCUT2D eigenvalue weighted by Gasteiger charge is 2.62. The Balaban J connectivity index is 1.47. The molecule has 0 aromatic rings. The van der Waals surface area contributed by atoms with Gasteiger partial charge in [-0.1, -0.05) is 62.3 Å². The van der Waals surface area contributed by atoms with Crippen LogP contribution in [0.4, 0.5) is 0 Å². The van der Waals surface area contributed by atoms with Gasteiger partial charge in [-0.3, -0.25) is 0 Å². The van der Waals surface area contributed by atoms with Gasteiger partial charge in [0.2, 0.25) is 0 Å². The molecule has 5 aliphatic rings. The van der Waals surface area contributed by atoms with Crippen LogP contribution < -0.4 is 0 Å². The second-order valence-electron chi connectivity index (χ2n) is 15.8. The van der Waals surface area contributed by atoms with E-state index in [1.54, 1.807) is 25.7 Å². The molecule has 0 heterocycles. The Bertz CT molecular complexity index is 620. The third kappa shape index (κ3) is 3.04. The Hall–Kier alpha value is 0. The molecule has 0 saturated heterocycles. The van der Waals surface area contributed by atoms with Crippen LogP contribution in [0.25, 0.3) is 0 Å². The van der Waals surface area contributed by atoms with E-state index in [0.29, 0.717) is 21.7 Å². The Morgan fingerprint density at radius 2 is 0.633 bits per heavy atom. The first-order valence-electron chi connectivity index (χ1n) is 13.7. The van der Waals surface area contributed by atoms with Crippen molar-refractivity contribution in [3.05, 3.63) is 0 Å². The van der Waals surface area contributed by atoms with E-state index in [2.05, 4.69) is 62.3 Å². The molecule has 0 aromatic carbocycles. The lowest BCUT2D eigenvalue weighted by Crippen LogP contribution is -2.51. The van der Waals surface area contributed by atoms with Crippen molar-refractivity contribution < 1.29 is 0 Å². The molecular formula is C30H52. The van der Waals surface area contributed by atoms with Crippen LogP contribution in [0.15, 0.2) is 0 Å². The van der Waals surface area contributed by atoms with Crippen LogP contribution in [-0.4, -0.2) is 0 Å². The Morgan fingerprint density at radius 3 is 0.900 bits per heavy atom. The van der Waals surface area contributed by atoms with E-state index in [4.69, 9.17) is 0 Å². The van der Waals surface area contributed by atoms with Crippen LogP contribution in [0.3, 0.4) is 0 Å². The molecule has 0 nitrogen and oxygen atoms in total. The van der Waals surface area contributed by atoms with Crippen molar-refractivity contribution >= 4 is 0 Å². The number of fused-ring (bicyclic) bond motifs is 5. The van der Waals surface area contributed by atoms with E-state index in [1.165, 1.54) is 25.7 Å². The maximum Gasteiger partial charge on any atom is -0.0323 e. The average molecular weight is 413 g/mol. The summed E-state index contributed by atoms with van der Waals surface area (Å²) in [5, 5.41) is 0. The second kappa shape index (κ2) is 6.53. The van der Waals surface area contributed by atoms with Crippen molar-refractivity contribution in [2.45, 2.75) is 114 Å². The Labute approximate surface area is 188 Å². The molecule has 0 aliphatic heterocycles. The van der Waals surface area contributed by atoms with Crippen molar-refractivity contribution in [2.75, 3.05) is 0 Å². The van der Waals surface area contributed by atoms with Gasteiger partial charge >= 0.3 is 0 Å². The summed E-state index contributed by atoms with van der Waals surface area (Å²) < 4.78 is 0. The Morgan fingerprint density at radius 1 is 0.400 bits per heavy atom. The van der Waals surface area contributed by atoms with E-state index >= 15 is 0 Å². The van der Waals surface area contributed by atoms with E-state index in [-0.39, 0.29) is 0 Å². The maximum absolute atomic E-state index is 2.70. The molecule has 0 aromatic heterocycles. The smallest absolute Gasteiger partial charge is 0.0323 e. The van der Waals surface area contributed by atoms with Gasteiger partial charge in [0.05, 0.1) is 0 Å². The van der Waals surface area contributed by atoms with Crippen molar-refractivity contribution in [3.8, 4) is 0 Å². The molecule has 5 fully saturated rings. The minimum atomic E-state index is 0.565. The molecular weight excluding hydrogens is 360 g/mol. The highest BCUT2D eigenvalue weighted by molar-refractivity contribution is 5.11. The van der Waals surface area contributed by atoms with E-state index in [0.717, 1.165) is 53.3 Å². The number of rotatable bonds is 0. The minimum absolute atomic E-state index is 0.565. The zero-order valence-electron chi connectivity index (χ0n) is 21.9. The van der Waals surface area contributed by atoms with Gasteiger partial charge in [0.15, 0.2) is 0 Å². The summed E-state index contributed by atoms with van der Waals surface area (Å²) >= 11 is 0. The fourth-order valence-electron chi connectivity index (χ4n) is 10.5. The minimum Gasteiger partial charge on any atom is -0.0620 e. The maximum atomic E-state index is 2.70. The van der Waals surface area contributed by atoms with Crippen LogP contribution in [0, 0.1) is 74.9 Å². The lowest BCUT2D eigenvalue weighted by atomic mass is 9.46. The highest BCUT2D eigenvalue weighted by atomic mass is 14.7. The monoisotopic (exact) mass is 412 g/mol. The fraction of sp³-hybridized carbons (Fsp3) is 1.00. The van der Waals surface area contributed by atoms with E-state index in [9.17, 15) is 0 Å². The summed E-state index contributed by atoms with van der Waals surface area (Å²) in [6.07, 6.45) is 12.1. The normalized spacial score (nSPS) is 52.5. The van der Waals surface area contributed by atoms with Crippen LogP contribution >= 0.6 is 0 Å². The van der Waals surface area contributed by atoms with Gasteiger partial charge in [0, 0.05) is 0 Å². The molecule has 8 atom stereocenters. The van der Waals surface area contributed by atoms with E-state index < -0.39 is 0 Å². The predicted octanol–water partition coefficient (Wildman–Crippen LogP) is 8.85. The number of hydrogen-bond donors (Lipinski definition) is 0. The largest absolute Gasteiger partial charge is 0.0620 e. The third-order valence-corrected chi connectivity index (χ3v) is 12.9. The van der Waals surface area contributed by atoms with Crippen LogP contribution in [0.1, 0.15) is 114 Å². The second-order valence-corrected chi connectivity index (χ2v) is 15.8. The zero-order valence-corrected chi connectivity index (χ0v) is 21.9. The molecule has 30 heavy (non-hydrogen) atoms. The van der Waals surface area contributed by atoms with E-state index in [1.807, 2.05) is 0 Å². The lowest BCUT2D eigenvalue weighted by Gasteiger charge is -2.59. The first-order chi connectivity index (χ1) is 13.7. The lowest BCUT2D eigenvalue weighted by molar-refractivity contribution is -0.0969. The molecule has 0 spiro atoms. The standard InChI is InChI=1S/C30H52/c1-18-19-14-23-25(29(6,7)12-10-27(23,2)3)16-21(19)22-17-26-24(15-20(18)22)28(4,5)11-13-30(26,8)9/h18-26H,10-17H2,1-9H3. The highest BCUT2D eigenvalue weighted by Crippen LogP contribution is 2.70. The molecule has 172 valence electrons. The van der Waals surface area contributed by atoms with Gasteiger partial charge in [-0.2, -0.15) is 0 Å². The zero-order chi connectivity index (χ0) is 21.9. The summed E-state index contributed by atoms with van der Waals surface area (Å²) in [5.41, 5.74) is 2.26. The van der Waals surface area contributed by atoms with Gasteiger partial charge in [0.25, 0.3) is 0 Å². The summed E-state index contributed by atoms with van der Waals surface area (Å²) in [4.78, 5) is 0. The van der Waals surface area contributed by atoms with Crippen molar-refractivity contribution in [2.24, 2.45) is 74.9 Å². The topological polar surface area (TPSA) is 0 Å². The molecule has 5 saturated carbocycles. The predicted molar refractivity (Wildman–Crippen MR) is 129 cm³/mol. The molecule has 0 bridgehead atoms. The average Bonchev–Trinajstić information content (AvgIpc) is 2.93. The first kappa shape index (κ1) is 21.8. The molecule has 0 N–H and O–H groups in total. The van der Waals surface area contributed by atoms with Gasteiger partial charge in [-0.05, 0) is 126 Å². The van der Waals surface area contributed by atoms with Crippen molar-refractivity contribution in [1.29, 1.82) is 0 Å². The van der Waals surface area contributed by atoms with Crippen molar-refractivity contribution in [1.82, 2.24) is 0 Å².